The summed E-state index contributed by atoms with van der Waals surface area (Å²) in [7, 11) is 1.77. The number of benzene rings is 1. The van der Waals surface area contributed by atoms with E-state index in [1.165, 1.54) is 44.1 Å². The predicted octanol–water partition coefficient (Wildman–Crippen LogP) is 4.18. The first-order valence-electron chi connectivity index (χ1n) is 8.13. The van der Waals surface area contributed by atoms with Crippen LogP contribution in [0, 0.1) is 17.8 Å². The molecule has 0 aromatic heterocycles. The fourth-order valence-corrected chi connectivity index (χ4v) is 5.46. The number of nitrogens with one attached hydrogen (secondary N) is 1. The molecule has 0 saturated heterocycles. The van der Waals surface area contributed by atoms with Gasteiger partial charge in [-0.25, -0.2) is 0 Å². The highest BCUT2D eigenvalue weighted by Crippen LogP contribution is 2.55. The van der Waals surface area contributed by atoms with Gasteiger partial charge in [0.15, 0.2) is 0 Å². The van der Waals surface area contributed by atoms with E-state index >= 15 is 0 Å². The van der Waals surface area contributed by atoms with Crippen molar-refractivity contribution < 1.29 is 4.74 Å². The number of hydrogen-bond donors (Lipinski definition) is 1. The zero-order valence-corrected chi connectivity index (χ0v) is 13.6. The summed E-state index contributed by atoms with van der Waals surface area (Å²) in [5.41, 5.74) is 1.74. The Kier molecular flexibility index (Phi) is 4.20. The van der Waals surface area contributed by atoms with Crippen molar-refractivity contribution in [1.29, 1.82) is 0 Å². The van der Waals surface area contributed by atoms with Crippen LogP contribution in [0.1, 0.15) is 44.1 Å². The van der Waals surface area contributed by atoms with E-state index in [0.29, 0.717) is 5.54 Å². The minimum absolute atomic E-state index is 0. The Hall–Kier alpha value is -0.730. The molecule has 0 spiro atoms. The highest BCUT2D eigenvalue weighted by molar-refractivity contribution is 5.85. The molecule has 0 amide bonds. The van der Waals surface area contributed by atoms with Gasteiger partial charge >= 0.3 is 0 Å². The van der Waals surface area contributed by atoms with Crippen LogP contribution >= 0.6 is 12.4 Å². The maximum atomic E-state index is 5.48. The molecule has 21 heavy (non-hydrogen) atoms. The van der Waals surface area contributed by atoms with E-state index in [-0.39, 0.29) is 12.4 Å². The van der Waals surface area contributed by atoms with Gasteiger partial charge in [0.1, 0.15) is 5.75 Å². The third-order valence-corrected chi connectivity index (χ3v) is 5.88. The SMILES string of the molecule is COc1ccccc1CNC12CC3CC(CC(C3)C1)C2.Cl. The average Bonchev–Trinajstić information content (AvgIpc) is 2.44. The number of ether oxygens (including phenoxy) is 1. The van der Waals surface area contributed by atoms with Crippen molar-refractivity contribution in [3.8, 4) is 5.75 Å². The van der Waals surface area contributed by atoms with Crippen molar-refractivity contribution in [1.82, 2.24) is 5.32 Å². The minimum atomic E-state index is 0. The van der Waals surface area contributed by atoms with Gasteiger partial charge in [-0.05, 0) is 62.3 Å². The van der Waals surface area contributed by atoms with Crippen LogP contribution in [-0.4, -0.2) is 12.6 Å². The molecule has 4 fully saturated rings. The fourth-order valence-electron chi connectivity index (χ4n) is 5.46. The third-order valence-electron chi connectivity index (χ3n) is 5.88. The molecule has 116 valence electrons. The topological polar surface area (TPSA) is 21.3 Å². The molecule has 1 N–H and O–H groups in total. The number of hydrogen-bond acceptors (Lipinski definition) is 2. The first kappa shape index (κ1) is 15.2. The standard InChI is InChI=1S/C18H25NO.ClH/c1-20-17-5-3-2-4-16(17)12-19-18-9-13-6-14(10-18)8-15(7-13)11-18;/h2-5,13-15,19H,6-12H2,1H3;1H. The lowest BCUT2D eigenvalue weighted by atomic mass is 9.53. The Bertz CT molecular complexity index is 466. The van der Waals surface area contributed by atoms with E-state index in [1.807, 2.05) is 6.07 Å². The quantitative estimate of drug-likeness (QED) is 0.901. The summed E-state index contributed by atoms with van der Waals surface area (Å²) in [4.78, 5) is 0. The number of para-hydroxylation sites is 1. The molecule has 3 heteroatoms. The van der Waals surface area contributed by atoms with Gasteiger partial charge in [-0.2, -0.15) is 0 Å². The number of rotatable bonds is 4. The average molecular weight is 308 g/mol. The van der Waals surface area contributed by atoms with E-state index in [9.17, 15) is 0 Å². The molecule has 2 nitrogen and oxygen atoms in total. The number of halogens is 1. The maximum absolute atomic E-state index is 5.48. The molecule has 5 rings (SSSR count). The largest absolute Gasteiger partial charge is 0.496 e. The van der Waals surface area contributed by atoms with E-state index < -0.39 is 0 Å². The van der Waals surface area contributed by atoms with E-state index in [0.717, 1.165) is 30.0 Å². The number of methoxy groups -OCH3 is 1. The van der Waals surface area contributed by atoms with Crippen LogP contribution in [0.3, 0.4) is 0 Å². The summed E-state index contributed by atoms with van der Waals surface area (Å²) in [6.45, 7) is 0.955. The second-order valence-electron chi connectivity index (χ2n) is 7.36. The van der Waals surface area contributed by atoms with Gasteiger partial charge in [0.25, 0.3) is 0 Å². The van der Waals surface area contributed by atoms with E-state index in [1.54, 1.807) is 7.11 Å². The predicted molar refractivity (Wildman–Crippen MR) is 88.0 cm³/mol. The summed E-state index contributed by atoms with van der Waals surface area (Å²) in [5.74, 6) is 4.04. The Labute approximate surface area is 134 Å². The third kappa shape index (κ3) is 2.80. The van der Waals surface area contributed by atoms with Gasteiger partial charge in [-0.15, -0.1) is 12.4 Å². The van der Waals surface area contributed by atoms with E-state index in [2.05, 4.69) is 23.5 Å². The van der Waals surface area contributed by atoms with Crippen molar-refractivity contribution in [2.75, 3.05) is 7.11 Å². The fraction of sp³-hybridized carbons (Fsp3) is 0.667. The molecular weight excluding hydrogens is 282 g/mol. The molecule has 4 aliphatic rings. The first-order valence-corrected chi connectivity index (χ1v) is 8.13. The van der Waals surface area contributed by atoms with Crippen LogP contribution in [-0.2, 0) is 6.54 Å². The molecule has 0 radical (unpaired) electrons. The molecule has 4 bridgehead atoms. The smallest absolute Gasteiger partial charge is 0.123 e. The lowest BCUT2D eigenvalue weighted by Crippen LogP contribution is -2.58. The van der Waals surface area contributed by atoms with Crippen LogP contribution in [0.5, 0.6) is 5.75 Å². The maximum Gasteiger partial charge on any atom is 0.123 e. The summed E-state index contributed by atoms with van der Waals surface area (Å²) in [6.07, 6.45) is 8.76. The second kappa shape index (κ2) is 5.81. The van der Waals surface area contributed by atoms with Crippen LogP contribution in [0.15, 0.2) is 24.3 Å². The Morgan fingerprint density at radius 2 is 1.62 bits per heavy atom. The normalized spacial score (nSPS) is 36.3. The highest BCUT2D eigenvalue weighted by atomic mass is 35.5. The summed E-state index contributed by atoms with van der Waals surface area (Å²) >= 11 is 0. The van der Waals surface area contributed by atoms with Crippen molar-refractivity contribution in [3.63, 3.8) is 0 Å². The summed E-state index contributed by atoms with van der Waals surface area (Å²) in [6, 6.07) is 8.41. The molecule has 4 saturated carbocycles. The highest BCUT2D eigenvalue weighted by Gasteiger charge is 2.50. The zero-order chi connectivity index (χ0) is 13.6. The van der Waals surface area contributed by atoms with Crippen molar-refractivity contribution in [2.45, 2.75) is 50.6 Å². The molecular formula is C18H26ClNO. The van der Waals surface area contributed by atoms with Gasteiger partial charge < -0.3 is 10.1 Å². The molecule has 0 atom stereocenters. The lowest BCUT2D eigenvalue weighted by molar-refractivity contribution is -0.0206. The van der Waals surface area contributed by atoms with Crippen LogP contribution < -0.4 is 10.1 Å². The summed E-state index contributed by atoms with van der Waals surface area (Å²) in [5, 5.41) is 3.94. The minimum Gasteiger partial charge on any atom is -0.496 e. The Balaban J connectivity index is 0.00000132. The first-order chi connectivity index (χ1) is 9.76. The molecule has 0 heterocycles. The summed E-state index contributed by atoms with van der Waals surface area (Å²) < 4.78 is 5.48. The van der Waals surface area contributed by atoms with Crippen molar-refractivity contribution in [3.05, 3.63) is 29.8 Å². The molecule has 4 aliphatic carbocycles. The van der Waals surface area contributed by atoms with Gasteiger partial charge in [-0.1, -0.05) is 18.2 Å². The molecule has 1 aromatic rings. The lowest BCUT2D eigenvalue weighted by Gasteiger charge is -2.57. The second-order valence-corrected chi connectivity index (χ2v) is 7.36. The van der Waals surface area contributed by atoms with Gasteiger partial charge in [0.05, 0.1) is 7.11 Å². The van der Waals surface area contributed by atoms with Crippen molar-refractivity contribution in [2.24, 2.45) is 17.8 Å². The molecule has 0 unspecified atom stereocenters. The van der Waals surface area contributed by atoms with Gasteiger partial charge in [0.2, 0.25) is 0 Å². The van der Waals surface area contributed by atoms with Crippen LogP contribution in [0.2, 0.25) is 0 Å². The Morgan fingerprint density at radius 3 is 2.19 bits per heavy atom. The van der Waals surface area contributed by atoms with Crippen LogP contribution in [0.25, 0.3) is 0 Å². The zero-order valence-electron chi connectivity index (χ0n) is 12.8. The van der Waals surface area contributed by atoms with Crippen LogP contribution in [0.4, 0.5) is 0 Å². The van der Waals surface area contributed by atoms with E-state index in [4.69, 9.17) is 4.74 Å². The van der Waals surface area contributed by atoms with Gasteiger partial charge in [-0.3, -0.25) is 0 Å². The molecule has 0 aliphatic heterocycles. The molecule has 1 aromatic carbocycles. The van der Waals surface area contributed by atoms with Crippen molar-refractivity contribution >= 4 is 12.4 Å². The Morgan fingerprint density at radius 1 is 1.05 bits per heavy atom. The monoisotopic (exact) mass is 307 g/mol. The van der Waals surface area contributed by atoms with Gasteiger partial charge in [0, 0.05) is 17.6 Å².